The van der Waals surface area contributed by atoms with Crippen LogP contribution in [0.3, 0.4) is 0 Å². The molecule has 2 aromatic rings. The third kappa shape index (κ3) is 3.94. The first kappa shape index (κ1) is 20.5. The predicted molar refractivity (Wildman–Crippen MR) is 114 cm³/mol. The van der Waals surface area contributed by atoms with Crippen LogP contribution in [0, 0.1) is 0 Å². The maximum Gasteiger partial charge on any atom is 0.259 e. The Bertz CT molecular complexity index is 979. The van der Waals surface area contributed by atoms with Crippen LogP contribution in [0.4, 0.5) is 0 Å². The number of carbonyl (C=O) groups is 1. The lowest BCUT2D eigenvalue weighted by Crippen LogP contribution is -2.33. The highest BCUT2D eigenvalue weighted by Gasteiger charge is 2.29. The minimum Gasteiger partial charge on any atom is -0.496 e. The van der Waals surface area contributed by atoms with Gasteiger partial charge in [-0.15, -0.1) is 0 Å². The van der Waals surface area contributed by atoms with Gasteiger partial charge in [0.2, 0.25) is 0 Å². The molecule has 1 aromatic heterocycles. The van der Waals surface area contributed by atoms with Crippen molar-refractivity contribution in [2.75, 3.05) is 40.4 Å². The molecule has 2 aliphatic rings. The Morgan fingerprint density at radius 1 is 0.967 bits per heavy atom. The minimum atomic E-state index is -0.112. The fourth-order valence-corrected chi connectivity index (χ4v) is 4.50. The van der Waals surface area contributed by atoms with Crippen molar-refractivity contribution in [2.24, 2.45) is 0 Å². The molecule has 4 rings (SSSR count). The van der Waals surface area contributed by atoms with Gasteiger partial charge in [0.25, 0.3) is 11.5 Å². The third-order valence-corrected chi connectivity index (χ3v) is 6.10. The second-order valence-corrected chi connectivity index (χ2v) is 7.86. The zero-order chi connectivity index (χ0) is 21.1. The molecule has 1 aromatic carbocycles. The molecule has 0 aliphatic carbocycles. The molecule has 0 unspecified atom stereocenters. The Hall–Kier alpha value is -2.80. The average Bonchev–Trinajstić information content (AvgIpc) is 3.22. The van der Waals surface area contributed by atoms with E-state index in [1.54, 1.807) is 11.7 Å². The summed E-state index contributed by atoms with van der Waals surface area (Å²) in [4.78, 5) is 30.2. The lowest BCUT2D eigenvalue weighted by Gasteiger charge is -2.21. The smallest absolute Gasteiger partial charge is 0.259 e. The summed E-state index contributed by atoms with van der Waals surface area (Å²) in [5, 5.41) is 0. The van der Waals surface area contributed by atoms with Crippen LogP contribution >= 0.6 is 0 Å². The summed E-state index contributed by atoms with van der Waals surface area (Å²) >= 11 is 0. The van der Waals surface area contributed by atoms with Crippen molar-refractivity contribution >= 4 is 5.91 Å². The molecule has 7 nitrogen and oxygen atoms in total. The van der Waals surface area contributed by atoms with Crippen molar-refractivity contribution in [1.82, 2.24) is 14.4 Å². The number of pyridine rings is 1. The average molecular weight is 412 g/mol. The molecule has 1 fully saturated rings. The van der Waals surface area contributed by atoms with Gasteiger partial charge in [0.05, 0.1) is 14.2 Å². The quantitative estimate of drug-likeness (QED) is 0.755. The first-order chi connectivity index (χ1) is 14.6. The van der Waals surface area contributed by atoms with Gasteiger partial charge < -0.3 is 18.9 Å². The van der Waals surface area contributed by atoms with Gasteiger partial charge in [-0.1, -0.05) is 18.2 Å². The molecule has 0 bridgehead atoms. The summed E-state index contributed by atoms with van der Waals surface area (Å²) in [6.07, 6.45) is 2.67. The summed E-state index contributed by atoms with van der Waals surface area (Å²) in [7, 11) is 3.20. The molecule has 30 heavy (non-hydrogen) atoms. The van der Waals surface area contributed by atoms with E-state index in [2.05, 4.69) is 11.0 Å². The van der Waals surface area contributed by atoms with E-state index in [9.17, 15) is 9.59 Å². The Balaban J connectivity index is 1.63. The largest absolute Gasteiger partial charge is 0.496 e. The van der Waals surface area contributed by atoms with E-state index in [4.69, 9.17) is 9.47 Å². The first-order valence-electron chi connectivity index (χ1n) is 10.6. The molecule has 0 radical (unpaired) electrons. The molecule has 0 spiro atoms. The van der Waals surface area contributed by atoms with Gasteiger partial charge >= 0.3 is 0 Å². The number of nitrogens with zero attached hydrogens (tertiary/aromatic N) is 3. The molecule has 0 saturated carbocycles. The van der Waals surface area contributed by atoms with Gasteiger partial charge in [-0.05, 0) is 18.9 Å². The maximum absolute atomic E-state index is 13.3. The lowest BCUT2D eigenvalue weighted by atomic mass is 10.1. The molecular weight excluding hydrogens is 382 g/mol. The number of ether oxygens (including phenoxy) is 2. The van der Waals surface area contributed by atoms with Crippen LogP contribution in [-0.2, 0) is 19.5 Å². The van der Waals surface area contributed by atoms with Crippen LogP contribution in [0.5, 0.6) is 11.5 Å². The van der Waals surface area contributed by atoms with Crippen molar-refractivity contribution in [1.29, 1.82) is 0 Å². The molecule has 7 heteroatoms. The number of likely N-dealkylation sites (tertiary alicyclic amines) is 1. The Morgan fingerprint density at radius 2 is 1.70 bits per heavy atom. The summed E-state index contributed by atoms with van der Waals surface area (Å²) < 4.78 is 12.7. The predicted octanol–water partition coefficient (Wildman–Crippen LogP) is 2.16. The van der Waals surface area contributed by atoms with Gasteiger partial charge in [-0.3, -0.25) is 14.5 Å². The van der Waals surface area contributed by atoms with Crippen LogP contribution in [-0.4, -0.2) is 60.7 Å². The third-order valence-electron chi connectivity index (χ3n) is 6.10. The van der Waals surface area contributed by atoms with Crippen molar-refractivity contribution in [3.05, 3.63) is 57.5 Å². The number of methoxy groups -OCH3 is 2. The monoisotopic (exact) mass is 411 g/mol. The number of fused-ring (bicyclic) bond motifs is 1. The number of para-hydroxylation sites is 1. The number of hydrogen-bond acceptors (Lipinski definition) is 5. The number of amides is 1. The van der Waals surface area contributed by atoms with E-state index >= 15 is 0 Å². The number of aromatic nitrogens is 1. The molecular formula is C23H29N3O4. The topological polar surface area (TPSA) is 64.0 Å². The van der Waals surface area contributed by atoms with E-state index in [-0.39, 0.29) is 11.5 Å². The Kier molecular flexibility index (Phi) is 6.08. The zero-order valence-electron chi connectivity index (χ0n) is 17.7. The molecule has 0 atom stereocenters. The van der Waals surface area contributed by atoms with E-state index in [1.807, 2.05) is 23.1 Å². The second kappa shape index (κ2) is 8.92. The fourth-order valence-electron chi connectivity index (χ4n) is 4.50. The fraction of sp³-hybridized carbons (Fsp3) is 0.478. The molecule has 1 saturated heterocycles. The number of benzene rings is 1. The van der Waals surface area contributed by atoms with Crippen molar-refractivity contribution in [2.45, 2.75) is 32.4 Å². The Morgan fingerprint density at radius 3 is 2.43 bits per heavy atom. The minimum absolute atomic E-state index is 0.0220. The standard InChI is InChI=1S/C23H29N3O4/c1-29-19-8-4-3-7-17(19)16-24-12-9-18-22(23(28)25-10-5-6-11-25)20(30-2)15-21(27)26(18)14-13-24/h3-4,7-8,15H,5-6,9-14,16H2,1-2H3. The van der Waals surface area contributed by atoms with Crippen LogP contribution in [0.25, 0.3) is 0 Å². The molecule has 0 N–H and O–H groups in total. The summed E-state index contributed by atoms with van der Waals surface area (Å²) in [5.74, 6) is 1.23. The number of hydrogen-bond donors (Lipinski definition) is 0. The highest BCUT2D eigenvalue weighted by molar-refractivity contribution is 5.98. The van der Waals surface area contributed by atoms with Crippen molar-refractivity contribution in [3.8, 4) is 11.5 Å². The van der Waals surface area contributed by atoms with Gasteiger partial charge in [-0.25, -0.2) is 0 Å². The van der Waals surface area contributed by atoms with E-state index in [1.165, 1.54) is 13.2 Å². The van der Waals surface area contributed by atoms with E-state index < -0.39 is 0 Å². The van der Waals surface area contributed by atoms with E-state index in [0.29, 0.717) is 24.3 Å². The number of carbonyl (C=O) groups excluding carboxylic acids is 1. The zero-order valence-corrected chi connectivity index (χ0v) is 17.7. The second-order valence-electron chi connectivity index (χ2n) is 7.86. The highest BCUT2D eigenvalue weighted by atomic mass is 16.5. The number of rotatable bonds is 5. The van der Waals surface area contributed by atoms with Crippen molar-refractivity contribution < 1.29 is 14.3 Å². The van der Waals surface area contributed by atoms with Crippen LogP contribution in [0.1, 0.15) is 34.5 Å². The van der Waals surface area contributed by atoms with E-state index in [0.717, 1.165) is 62.6 Å². The van der Waals surface area contributed by atoms with Crippen molar-refractivity contribution in [3.63, 3.8) is 0 Å². The summed E-state index contributed by atoms with van der Waals surface area (Å²) in [5.41, 5.74) is 2.35. The lowest BCUT2D eigenvalue weighted by molar-refractivity contribution is 0.0787. The Labute approximate surface area is 176 Å². The highest BCUT2D eigenvalue weighted by Crippen LogP contribution is 2.27. The normalized spacial score (nSPS) is 16.8. The van der Waals surface area contributed by atoms with Gasteiger partial charge in [-0.2, -0.15) is 0 Å². The maximum atomic E-state index is 13.3. The molecule has 3 heterocycles. The SMILES string of the molecule is COc1ccccc1CN1CCc2c(C(=O)N3CCCC3)c(OC)cc(=O)n2CC1. The summed E-state index contributed by atoms with van der Waals surface area (Å²) in [6, 6.07) is 9.45. The summed E-state index contributed by atoms with van der Waals surface area (Å²) in [6.45, 7) is 4.30. The van der Waals surface area contributed by atoms with Crippen LogP contribution in [0.2, 0.25) is 0 Å². The first-order valence-corrected chi connectivity index (χ1v) is 10.6. The van der Waals surface area contributed by atoms with Gasteiger partial charge in [0.1, 0.15) is 17.1 Å². The van der Waals surface area contributed by atoms with Crippen LogP contribution in [0.15, 0.2) is 35.1 Å². The van der Waals surface area contributed by atoms with Crippen LogP contribution < -0.4 is 15.0 Å². The molecule has 2 aliphatic heterocycles. The van der Waals surface area contributed by atoms with Gasteiger partial charge in [0.15, 0.2) is 0 Å². The molecule has 160 valence electrons. The van der Waals surface area contributed by atoms with Gasteiger partial charge in [0, 0.05) is 63.0 Å². The molecule has 1 amide bonds.